The van der Waals surface area contributed by atoms with Crippen molar-refractivity contribution in [2.45, 2.75) is 25.2 Å². The van der Waals surface area contributed by atoms with E-state index in [1.165, 1.54) is 6.07 Å². The normalized spacial score (nSPS) is 16.2. The van der Waals surface area contributed by atoms with Crippen LogP contribution in [-0.2, 0) is 10.2 Å². The SMILES string of the molecule is Cc1c(C(=O)NCC2(c3cccc(F)c3)CCOCC2)oc2ccc(Br)cc12. The first-order valence-corrected chi connectivity index (χ1v) is 10.1. The molecule has 146 valence electrons. The lowest BCUT2D eigenvalue weighted by atomic mass is 9.74. The smallest absolute Gasteiger partial charge is 0.287 e. The number of carbonyl (C=O) groups is 1. The summed E-state index contributed by atoms with van der Waals surface area (Å²) in [5.74, 6) is -0.213. The van der Waals surface area contributed by atoms with Gasteiger partial charge in [0.15, 0.2) is 5.76 Å². The Bertz CT molecular complexity index is 1020. The average Bonchev–Trinajstić information content (AvgIpc) is 3.03. The molecule has 0 bridgehead atoms. The minimum absolute atomic E-state index is 0.257. The Morgan fingerprint density at radius 3 is 2.75 bits per heavy atom. The van der Waals surface area contributed by atoms with Gasteiger partial charge in [0.25, 0.3) is 5.91 Å². The van der Waals surface area contributed by atoms with Gasteiger partial charge in [-0.05, 0) is 55.7 Å². The molecule has 1 aromatic heterocycles. The van der Waals surface area contributed by atoms with Crippen molar-refractivity contribution in [3.05, 3.63) is 69.6 Å². The molecule has 1 amide bonds. The van der Waals surface area contributed by atoms with Crippen LogP contribution < -0.4 is 5.32 Å². The Kier molecular flexibility index (Phi) is 5.25. The number of ether oxygens (including phenoxy) is 1. The van der Waals surface area contributed by atoms with E-state index in [2.05, 4.69) is 21.2 Å². The van der Waals surface area contributed by atoms with E-state index < -0.39 is 0 Å². The number of furan rings is 1. The largest absolute Gasteiger partial charge is 0.451 e. The molecule has 4 rings (SSSR count). The average molecular weight is 446 g/mol. The standard InChI is InChI=1S/C22H21BrFNO3/c1-14-18-12-16(23)5-6-19(18)28-20(14)21(26)25-13-22(7-9-27-10-8-22)15-3-2-4-17(24)11-15/h2-6,11-12H,7-10,13H2,1H3,(H,25,26). The maximum atomic E-state index is 13.8. The number of hydrogen-bond donors (Lipinski definition) is 1. The zero-order valence-corrected chi connectivity index (χ0v) is 17.1. The lowest BCUT2D eigenvalue weighted by Gasteiger charge is -2.37. The highest BCUT2D eigenvalue weighted by Gasteiger charge is 2.35. The van der Waals surface area contributed by atoms with Gasteiger partial charge in [-0.15, -0.1) is 0 Å². The van der Waals surface area contributed by atoms with Gasteiger partial charge in [-0.25, -0.2) is 4.39 Å². The van der Waals surface area contributed by atoms with Crippen molar-refractivity contribution >= 4 is 32.8 Å². The number of fused-ring (bicyclic) bond motifs is 1. The van der Waals surface area contributed by atoms with E-state index >= 15 is 0 Å². The highest BCUT2D eigenvalue weighted by atomic mass is 79.9. The molecule has 1 fully saturated rings. The van der Waals surface area contributed by atoms with Crippen LogP contribution in [0.25, 0.3) is 11.0 Å². The number of nitrogens with one attached hydrogen (secondary N) is 1. The van der Waals surface area contributed by atoms with Crippen LogP contribution in [0.15, 0.2) is 51.4 Å². The van der Waals surface area contributed by atoms with Gasteiger partial charge in [0.05, 0.1) is 0 Å². The molecule has 0 radical (unpaired) electrons. The predicted molar refractivity (Wildman–Crippen MR) is 109 cm³/mol. The molecule has 0 spiro atoms. The molecule has 2 heterocycles. The molecule has 0 saturated carbocycles. The van der Waals surface area contributed by atoms with Crippen molar-refractivity contribution in [3.8, 4) is 0 Å². The number of halogens is 2. The lowest BCUT2D eigenvalue weighted by molar-refractivity contribution is 0.0484. The van der Waals surface area contributed by atoms with Gasteiger partial charge in [-0.1, -0.05) is 28.1 Å². The van der Waals surface area contributed by atoms with Crippen LogP contribution in [0.4, 0.5) is 4.39 Å². The summed E-state index contributed by atoms with van der Waals surface area (Å²) in [7, 11) is 0. The fraction of sp³-hybridized carbons (Fsp3) is 0.318. The Labute approximate surface area is 171 Å². The Balaban J connectivity index is 1.59. The van der Waals surface area contributed by atoms with Crippen LogP contribution in [0.5, 0.6) is 0 Å². The second-order valence-electron chi connectivity index (χ2n) is 7.28. The van der Waals surface area contributed by atoms with Gasteiger partial charge in [0.1, 0.15) is 11.4 Å². The molecule has 1 N–H and O–H groups in total. The van der Waals surface area contributed by atoms with E-state index in [4.69, 9.17) is 9.15 Å². The number of aryl methyl sites for hydroxylation is 1. The Morgan fingerprint density at radius 1 is 1.21 bits per heavy atom. The highest BCUT2D eigenvalue weighted by molar-refractivity contribution is 9.10. The first-order chi connectivity index (χ1) is 13.5. The second-order valence-corrected chi connectivity index (χ2v) is 8.20. The van der Waals surface area contributed by atoms with E-state index in [9.17, 15) is 9.18 Å². The van der Waals surface area contributed by atoms with Crippen molar-refractivity contribution in [1.29, 1.82) is 0 Å². The summed E-state index contributed by atoms with van der Waals surface area (Å²) in [6.07, 6.45) is 1.45. The third-order valence-corrected chi connectivity index (χ3v) is 6.07. The van der Waals surface area contributed by atoms with Gasteiger partial charge in [0, 0.05) is 40.6 Å². The summed E-state index contributed by atoms with van der Waals surface area (Å²) >= 11 is 3.45. The lowest BCUT2D eigenvalue weighted by Crippen LogP contribution is -2.44. The topological polar surface area (TPSA) is 51.5 Å². The van der Waals surface area contributed by atoms with E-state index in [0.29, 0.717) is 31.1 Å². The molecular formula is C22H21BrFNO3. The molecule has 0 aliphatic carbocycles. The molecule has 4 nitrogen and oxygen atoms in total. The van der Waals surface area contributed by atoms with Crippen LogP contribution in [-0.4, -0.2) is 25.7 Å². The summed E-state index contributed by atoms with van der Waals surface area (Å²) in [6.45, 7) is 3.46. The summed E-state index contributed by atoms with van der Waals surface area (Å²) in [4.78, 5) is 12.9. The quantitative estimate of drug-likeness (QED) is 0.605. The fourth-order valence-corrected chi connectivity index (χ4v) is 4.25. The molecular weight excluding hydrogens is 425 g/mol. The molecule has 28 heavy (non-hydrogen) atoms. The highest BCUT2D eigenvalue weighted by Crippen LogP contribution is 2.35. The van der Waals surface area contributed by atoms with Gasteiger partial charge < -0.3 is 14.5 Å². The predicted octanol–water partition coefficient (Wildman–Crippen LogP) is 5.12. The van der Waals surface area contributed by atoms with Gasteiger partial charge in [-0.2, -0.15) is 0 Å². The van der Waals surface area contributed by atoms with Crippen LogP contribution in [0.3, 0.4) is 0 Å². The molecule has 3 aromatic rings. The summed E-state index contributed by atoms with van der Waals surface area (Å²) in [5.41, 5.74) is 2.03. The monoisotopic (exact) mass is 445 g/mol. The molecule has 0 unspecified atom stereocenters. The maximum Gasteiger partial charge on any atom is 0.287 e. The summed E-state index contributed by atoms with van der Waals surface area (Å²) in [5, 5.41) is 3.93. The third kappa shape index (κ3) is 3.59. The van der Waals surface area contributed by atoms with Crippen LogP contribution in [0.2, 0.25) is 0 Å². The Morgan fingerprint density at radius 2 is 2.00 bits per heavy atom. The van der Waals surface area contributed by atoms with Crippen LogP contribution >= 0.6 is 15.9 Å². The maximum absolute atomic E-state index is 13.8. The summed E-state index contributed by atoms with van der Waals surface area (Å²) in [6, 6.07) is 12.3. The van der Waals surface area contributed by atoms with Crippen molar-refractivity contribution < 1.29 is 18.3 Å². The molecule has 6 heteroatoms. The van der Waals surface area contributed by atoms with Crippen LogP contribution in [0, 0.1) is 12.7 Å². The second kappa shape index (κ2) is 7.68. The number of amides is 1. The molecule has 1 aliphatic rings. The van der Waals surface area contributed by atoms with Crippen molar-refractivity contribution in [2.75, 3.05) is 19.8 Å². The number of hydrogen-bond acceptors (Lipinski definition) is 3. The third-order valence-electron chi connectivity index (χ3n) is 5.58. The van der Waals surface area contributed by atoms with Gasteiger partial charge in [-0.3, -0.25) is 4.79 Å². The first kappa shape index (κ1) is 19.2. The zero-order chi connectivity index (χ0) is 19.7. The van der Waals surface area contributed by atoms with E-state index in [1.54, 1.807) is 12.1 Å². The fourth-order valence-electron chi connectivity index (χ4n) is 3.89. The molecule has 1 aliphatic heterocycles. The van der Waals surface area contributed by atoms with E-state index in [1.807, 2.05) is 31.2 Å². The van der Waals surface area contributed by atoms with E-state index in [0.717, 1.165) is 33.8 Å². The molecule has 1 saturated heterocycles. The van der Waals surface area contributed by atoms with Crippen molar-refractivity contribution in [3.63, 3.8) is 0 Å². The Hall–Kier alpha value is -2.18. The minimum Gasteiger partial charge on any atom is -0.451 e. The zero-order valence-electron chi connectivity index (χ0n) is 15.6. The van der Waals surface area contributed by atoms with Crippen LogP contribution in [0.1, 0.15) is 34.5 Å². The van der Waals surface area contributed by atoms with Gasteiger partial charge in [0.2, 0.25) is 0 Å². The number of benzene rings is 2. The minimum atomic E-state index is -0.348. The number of rotatable bonds is 4. The molecule has 2 aromatic carbocycles. The number of carbonyl (C=O) groups excluding carboxylic acids is 1. The first-order valence-electron chi connectivity index (χ1n) is 9.29. The van der Waals surface area contributed by atoms with Crippen molar-refractivity contribution in [2.24, 2.45) is 0 Å². The van der Waals surface area contributed by atoms with E-state index in [-0.39, 0.29) is 17.1 Å². The van der Waals surface area contributed by atoms with Gasteiger partial charge >= 0.3 is 0 Å². The summed E-state index contributed by atoms with van der Waals surface area (Å²) < 4.78 is 26.1. The van der Waals surface area contributed by atoms with Crippen molar-refractivity contribution in [1.82, 2.24) is 5.32 Å². The molecule has 0 atom stereocenters.